The van der Waals surface area contributed by atoms with Gasteiger partial charge in [0, 0.05) is 5.56 Å². The summed E-state index contributed by atoms with van der Waals surface area (Å²) in [7, 11) is 0. The first-order valence-electron chi connectivity index (χ1n) is 6.70. The first-order chi connectivity index (χ1) is 10.7. The van der Waals surface area contributed by atoms with Gasteiger partial charge in [0.05, 0.1) is 23.0 Å². The fraction of sp³-hybridized carbons (Fsp3) is 0.0667. The zero-order chi connectivity index (χ0) is 15.1. The van der Waals surface area contributed by atoms with Crippen LogP contribution in [0.15, 0.2) is 53.9 Å². The van der Waals surface area contributed by atoms with Gasteiger partial charge in [-0.15, -0.1) is 5.10 Å². The van der Waals surface area contributed by atoms with Gasteiger partial charge in [-0.3, -0.25) is 5.73 Å². The molecule has 22 heavy (non-hydrogen) atoms. The van der Waals surface area contributed by atoms with Crippen molar-refractivity contribution in [1.82, 2.24) is 9.97 Å². The number of H-pyrrole nitrogens is 1. The lowest BCUT2D eigenvalue weighted by Crippen LogP contribution is -2.36. The summed E-state index contributed by atoms with van der Waals surface area (Å²) in [5.41, 5.74) is 9.13. The maximum atomic E-state index is 13.0. The van der Waals surface area contributed by atoms with Crippen LogP contribution in [0.1, 0.15) is 5.56 Å². The molecule has 1 atom stereocenters. The van der Waals surface area contributed by atoms with Crippen molar-refractivity contribution in [1.29, 1.82) is 0 Å². The van der Waals surface area contributed by atoms with Crippen LogP contribution in [-0.4, -0.2) is 22.2 Å². The van der Waals surface area contributed by atoms with E-state index in [2.05, 4.69) is 15.1 Å². The van der Waals surface area contributed by atoms with Crippen LogP contribution in [0.4, 0.5) is 10.1 Å². The van der Waals surface area contributed by atoms with Crippen LogP contribution in [0.2, 0.25) is 0 Å². The first kappa shape index (κ1) is 12.8. The van der Waals surface area contributed by atoms with Gasteiger partial charge >= 0.3 is 0 Å². The highest BCUT2D eigenvalue weighted by Crippen LogP contribution is 2.24. The van der Waals surface area contributed by atoms with Gasteiger partial charge in [-0.05, 0) is 42.5 Å². The van der Waals surface area contributed by atoms with E-state index in [1.165, 1.54) is 17.1 Å². The molecule has 0 bridgehead atoms. The van der Waals surface area contributed by atoms with E-state index in [-0.39, 0.29) is 5.82 Å². The van der Waals surface area contributed by atoms with E-state index in [1.54, 1.807) is 18.5 Å². The Balaban J connectivity index is 1.70. The monoisotopic (exact) mass is 297 g/mol. The van der Waals surface area contributed by atoms with Gasteiger partial charge in [0.15, 0.2) is 0 Å². The fourth-order valence-electron chi connectivity index (χ4n) is 2.33. The molecule has 110 valence electrons. The summed E-state index contributed by atoms with van der Waals surface area (Å²) in [6, 6.07) is 11.5. The minimum atomic E-state index is -0.754. The molecule has 2 heterocycles. The Kier molecular flexibility index (Phi) is 2.80. The van der Waals surface area contributed by atoms with E-state index < -0.39 is 6.35 Å². The predicted molar refractivity (Wildman–Crippen MR) is 80.6 cm³/mol. The predicted octanol–water partition coefficient (Wildman–Crippen LogP) is 2.14. The fourth-order valence-corrected chi connectivity index (χ4v) is 2.33. The summed E-state index contributed by atoms with van der Waals surface area (Å²) in [5.74, 6) is 0.0901. The maximum Gasteiger partial charge on any atom is 0.248 e. The van der Waals surface area contributed by atoms with Gasteiger partial charge in [-0.25, -0.2) is 14.4 Å². The van der Waals surface area contributed by atoms with E-state index in [0.717, 1.165) is 16.6 Å². The highest BCUT2D eigenvalue weighted by molar-refractivity contribution is 5.98. The Labute approximate surface area is 125 Å². The largest absolute Gasteiger partial charge is 0.437 e. The van der Waals surface area contributed by atoms with Gasteiger partial charge in [-0.2, -0.15) is 0 Å². The number of halogens is 1. The Bertz CT molecular complexity index is 858. The van der Waals surface area contributed by atoms with Gasteiger partial charge in [-0.1, -0.05) is 0 Å². The molecule has 0 spiro atoms. The van der Waals surface area contributed by atoms with Crippen LogP contribution in [0.3, 0.4) is 0 Å². The van der Waals surface area contributed by atoms with Crippen molar-refractivity contribution >= 4 is 22.6 Å². The van der Waals surface area contributed by atoms with Gasteiger partial charge < -0.3 is 9.72 Å². The molecule has 0 aliphatic carbocycles. The van der Waals surface area contributed by atoms with E-state index in [9.17, 15) is 4.39 Å². The number of aromatic amines is 1. The van der Waals surface area contributed by atoms with Gasteiger partial charge in [0.2, 0.25) is 12.2 Å². The molecule has 1 aromatic heterocycles. The molecule has 6 nitrogen and oxygen atoms in total. The molecule has 1 unspecified atom stereocenters. The number of hydrogen-bond donors (Lipinski definition) is 2. The van der Waals surface area contributed by atoms with E-state index in [0.29, 0.717) is 11.6 Å². The summed E-state index contributed by atoms with van der Waals surface area (Å²) >= 11 is 0. The zero-order valence-electron chi connectivity index (χ0n) is 11.4. The van der Waals surface area contributed by atoms with Crippen LogP contribution >= 0.6 is 0 Å². The van der Waals surface area contributed by atoms with Crippen molar-refractivity contribution in [2.45, 2.75) is 6.35 Å². The average Bonchev–Trinajstić information content (AvgIpc) is 3.13. The zero-order valence-corrected chi connectivity index (χ0v) is 11.4. The lowest BCUT2D eigenvalue weighted by molar-refractivity contribution is 0.221. The smallest absolute Gasteiger partial charge is 0.248 e. The standard InChI is InChI=1S/C15H12FN5O/c16-10-2-4-11(5-3-10)21-15(17)22-14(20-21)9-1-6-12-13(7-9)19-8-18-12/h1-8,15H,17H2,(H,18,19). The van der Waals surface area contributed by atoms with Crippen LogP contribution < -0.4 is 10.7 Å². The minimum absolute atomic E-state index is 0.314. The number of nitrogens with one attached hydrogen (secondary N) is 1. The van der Waals surface area contributed by atoms with Crippen molar-refractivity contribution in [3.05, 3.63) is 60.2 Å². The number of anilines is 1. The Morgan fingerprint density at radius 3 is 2.82 bits per heavy atom. The number of aromatic nitrogens is 2. The summed E-state index contributed by atoms with van der Waals surface area (Å²) < 4.78 is 18.6. The average molecular weight is 297 g/mol. The number of nitrogens with two attached hydrogens (primary N) is 1. The molecule has 7 heteroatoms. The molecule has 2 aromatic carbocycles. The number of hydrogen-bond acceptors (Lipinski definition) is 5. The summed E-state index contributed by atoms with van der Waals surface area (Å²) in [6.45, 7) is 0. The molecule has 4 rings (SSSR count). The van der Waals surface area contributed by atoms with Crippen LogP contribution in [-0.2, 0) is 4.74 Å². The Morgan fingerprint density at radius 1 is 1.18 bits per heavy atom. The quantitative estimate of drug-likeness (QED) is 0.759. The van der Waals surface area contributed by atoms with Crippen molar-refractivity contribution in [2.75, 3.05) is 5.01 Å². The molecule has 0 fully saturated rings. The molecule has 0 amide bonds. The van der Waals surface area contributed by atoms with Crippen molar-refractivity contribution in [3.8, 4) is 0 Å². The molecule has 3 aromatic rings. The number of hydrazone groups is 1. The molecule has 0 radical (unpaired) electrons. The molecular weight excluding hydrogens is 285 g/mol. The Hall–Kier alpha value is -2.93. The normalized spacial score (nSPS) is 17.6. The molecule has 0 saturated carbocycles. The summed E-state index contributed by atoms with van der Waals surface area (Å²) in [6.07, 6.45) is 0.873. The molecule has 0 saturated heterocycles. The lowest BCUT2D eigenvalue weighted by Gasteiger charge is -2.17. The van der Waals surface area contributed by atoms with E-state index >= 15 is 0 Å². The summed E-state index contributed by atoms with van der Waals surface area (Å²) in [4.78, 5) is 7.23. The topological polar surface area (TPSA) is 79.5 Å². The number of ether oxygens (including phenoxy) is 1. The third-order valence-corrected chi connectivity index (χ3v) is 3.43. The highest BCUT2D eigenvalue weighted by atomic mass is 19.1. The molecule has 1 aliphatic rings. The van der Waals surface area contributed by atoms with E-state index in [1.807, 2.05) is 18.2 Å². The highest BCUT2D eigenvalue weighted by Gasteiger charge is 2.27. The molecular formula is C15H12FN5O. The number of imidazole rings is 1. The number of rotatable bonds is 2. The SMILES string of the molecule is NC1OC(c2ccc3[nH]cnc3c2)=NN1c1ccc(F)cc1. The van der Waals surface area contributed by atoms with Crippen LogP contribution in [0.5, 0.6) is 0 Å². The third kappa shape index (κ3) is 2.08. The minimum Gasteiger partial charge on any atom is -0.437 e. The second-order valence-electron chi connectivity index (χ2n) is 4.87. The number of nitrogens with zero attached hydrogens (tertiary/aromatic N) is 3. The Morgan fingerprint density at radius 2 is 2.00 bits per heavy atom. The van der Waals surface area contributed by atoms with Gasteiger partial charge in [0.1, 0.15) is 5.82 Å². The lowest BCUT2D eigenvalue weighted by atomic mass is 10.2. The van der Waals surface area contributed by atoms with Crippen molar-refractivity contribution in [2.24, 2.45) is 10.8 Å². The van der Waals surface area contributed by atoms with Crippen molar-refractivity contribution in [3.63, 3.8) is 0 Å². The van der Waals surface area contributed by atoms with Crippen LogP contribution in [0, 0.1) is 5.82 Å². The van der Waals surface area contributed by atoms with Crippen molar-refractivity contribution < 1.29 is 9.13 Å². The first-order valence-corrected chi connectivity index (χ1v) is 6.70. The molecule has 1 aliphatic heterocycles. The third-order valence-electron chi connectivity index (χ3n) is 3.43. The second kappa shape index (κ2) is 4.81. The maximum absolute atomic E-state index is 13.0. The second-order valence-corrected chi connectivity index (χ2v) is 4.87. The van der Waals surface area contributed by atoms with Crippen LogP contribution in [0.25, 0.3) is 11.0 Å². The molecule has 3 N–H and O–H groups in total. The van der Waals surface area contributed by atoms with E-state index in [4.69, 9.17) is 10.5 Å². The number of fused-ring (bicyclic) bond motifs is 1. The number of benzene rings is 2. The van der Waals surface area contributed by atoms with Gasteiger partial charge in [0.25, 0.3) is 0 Å². The summed E-state index contributed by atoms with van der Waals surface area (Å²) in [5, 5.41) is 5.88.